The zero-order valence-electron chi connectivity index (χ0n) is 5.06. The first kappa shape index (κ1) is 7.54. The Kier molecular flexibility index (Phi) is 1.94. The van der Waals surface area contributed by atoms with Gasteiger partial charge in [0.1, 0.15) is 11.6 Å². The summed E-state index contributed by atoms with van der Waals surface area (Å²) in [6, 6.07) is 2.35. The minimum absolute atomic E-state index is 0.0126. The third kappa shape index (κ3) is 1.29. The molecule has 0 heterocycles. The molecule has 0 amide bonds. The number of benzene rings is 1. The molecule has 53 valence electrons. The van der Waals surface area contributed by atoms with Gasteiger partial charge < -0.3 is 5.11 Å². The van der Waals surface area contributed by atoms with Gasteiger partial charge in [-0.05, 0) is 40.5 Å². The van der Waals surface area contributed by atoms with E-state index in [1.54, 1.807) is 0 Å². The van der Waals surface area contributed by atoms with Crippen LogP contribution in [-0.4, -0.2) is 5.11 Å². The van der Waals surface area contributed by atoms with E-state index < -0.39 is 5.82 Å². The molecule has 1 rings (SSSR count). The van der Waals surface area contributed by atoms with Crippen LogP contribution < -0.4 is 0 Å². The molecule has 10 heavy (non-hydrogen) atoms. The molecule has 0 bridgehead atoms. The molecule has 1 aromatic rings. The molecule has 0 saturated carbocycles. The van der Waals surface area contributed by atoms with E-state index in [4.69, 9.17) is 5.11 Å². The molecular weight excluding hydrogens is 199 g/mol. The highest BCUT2D eigenvalue weighted by molar-refractivity contribution is 9.10. The summed E-state index contributed by atoms with van der Waals surface area (Å²) < 4.78 is 12.8. The number of aromatic hydroxyl groups is 1. The minimum atomic E-state index is -0.408. The maximum Gasteiger partial charge on any atom is 0.133 e. The topological polar surface area (TPSA) is 20.2 Å². The number of hydrogen-bond donors (Lipinski definition) is 1. The molecule has 0 saturated heterocycles. The molecule has 0 aromatic heterocycles. The fourth-order valence-corrected chi connectivity index (χ4v) is 1.09. The lowest BCUT2D eigenvalue weighted by molar-refractivity contribution is 0.467. The third-order valence-electron chi connectivity index (χ3n) is 1.11. The van der Waals surface area contributed by atoms with Crippen molar-refractivity contribution in [2.45, 2.75) is 0 Å². The lowest BCUT2D eigenvalue weighted by atomic mass is 10.2. The zero-order chi connectivity index (χ0) is 7.72. The SMILES string of the molecule is [CH2]c1cc(F)cc(Br)c1O. The summed E-state index contributed by atoms with van der Waals surface area (Å²) >= 11 is 2.97. The predicted molar refractivity (Wildman–Crippen MR) is 40.2 cm³/mol. The molecule has 0 aliphatic heterocycles. The van der Waals surface area contributed by atoms with Crippen LogP contribution in [0.1, 0.15) is 5.56 Å². The predicted octanol–water partition coefficient (Wildman–Crippen LogP) is 2.48. The van der Waals surface area contributed by atoms with Gasteiger partial charge in [0.25, 0.3) is 0 Å². The lowest BCUT2D eigenvalue weighted by Gasteiger charge is -1.99. The largest absolute Gasteiger partial charge is 0.506 e. The van der Waals surface area contributed by atoms with E-state index >= 15 is 0 Å². The molecule has 1 radical (unpaired) electrons. The first-order chi connectivity index (χ1) is 4.61. The molecule has 0 fully saturated rings. The summed E-state index contributed by atoms with van der Waals surface area (Å²) in [4.78, 5) is 0. The monoisotopic (exact) mass is 203 g/mol. The van der Waals surface area contributed by atoms with Gasteiger partial charge in [0, 0.05) is 0 Å². The molecule has 1 N–H and O–H groups in total. The van der Waals surface area contributed by atoms with Gasteiger partial charge >= 0.3 is 0 Å². The molecule has 0 aliphatic carbocycles. The highest BCUT2D eigenvalue weighted by atomic mass is 79.9. The van der Waals surface area contributed by atoms with Crippen molar-refractivity contribution in [2.24, 2.45) is 0 Å². The summed E-state index contributed by atoms with van der Waals surface area (Å²) in [5, 5.41) is 9.05. The van der Waals surface area contributed by atoms with E-state index in [-0.39, 0.29) is 11.3 Å². The average Bonchev–Trinajstić information content (AvgIpc) is 1.82. The second-order valence-electron chi connectivity index (χ2n) is 1.90. The van der Waals surface area contributed by atoms with Gasteiger partial charge in [-0.15, -0.1) is 0 Å². The van der Waals surface area contributed by atoms with Crippen LogP contribution in [0.25, 0.3) is 0 Å². The van der Waals surface area contributed by atoms with Gasteiger partial charge in [0.15, 0.2) is 0 Å². The normalized spacial score (nSPS) is 9.90. The van der Waals surface area contributed by atoms with Gasteiger partial charge in [0.2, 0.25) is 0 Å². The summed E-state index contributed by atoms with van der Waals surface area (Å²) in [7, 11) is 0. The van der Waals surface area contributed by atoms with Gasteiger partial charge in [-0.1, -0.05) is 0 Å². The Morgan fingerprint density at radius 1 is 1.50 bits per heavy atom. The molecule has 0 atom stereocenters. The number of phenols is 1. The summed E-state index contributed by atoms with van der Waals surface area (Å²) in [6.45, 7) is 3.42. The Morgan fingerprint density at radius 2 is 2.10 bits per heavy atom. The van der Waals surface area contributed by atoms with Crippen LogP contribution in [-0.2, 0) is 0 Å². The van der Waals surface area contributed by atoms with Crippen LogP contribution in [0, 0.1) is 12.7 Å². The van der Waals surface area contributed by atoms with E-state index in [0.29, 0.717) is 4.47 Å². The van der Waals surface area contributed by atoms with Crippen molar-refractivity contribution in [3.8, 4) is 5.75 Å². The Labute approximate surface area is 66.6 Å². The Balaban J connectivity index is 3.31. The van der Waals surface area contributed by atoms with E-state index in [1.165, 1.54) is 12.1 Å². The van der Waals surface area contributed by atoms with Gasteiger partial charge in [-0.25, -0.2) is 4.39 Å². The second-order valence-corrected chi connectivity index (χ2v) is 2.75. The quantitative estimate of drug-likeness (QED) is 0.688. The lowest BCUT2D eigenvalue weighted by Crippen LogP contribution is -1.79. The van der Waals surface area contributed by atoms with Crippen molar-refractivity contribution in [2.75, 3.05) is 0 Å². The van der Waals surface area contributed by atoms with Crippen molar-refractivity contribution in [1.82, 2.24) is 0 Å². The zero-order valence-corrected chi connectivity index (χ0v) is 6.65. The van der Waals surface area contributed by atoms with Crippen LogP contribution >= 0.6 is 15.9 Å². The van der Waals surface area contributed by atoms with Gasteiger partial charge in [0.05, 0.1) is 4.47 Å². The molecule has 0 spiro atoms. The van der Waals surface area contributed by atoms with Crippen LogP contribution in [0.4, 0.5) is 4.39 Å². The highest BCUT2D eigenvalue weighted by Gasteiger charge is 2.02. The van der Waals surface area contributed by atoms with Crippen LogP contribution in [0.3, 0.4) is 0 Å². The third-order valence-corrected chi connectivity index (χ3v) is 1.71. The summed E-state index contributed by atoms with van der Waals surface area (Å²) in [5.74, 6) is -0.420. The van der Waals surface area contributed by atoms with Crippen LogP contribution in [0.15, 0.2) is 16.6 Å². The van der Waals surface area contributed by atoms with Crippen molar-refractivity contribution >= 4 is 15.9 Å². The molecule has 3 heteroatoms. The second kappa shape index (κ2) is 2.58. The number of rotatable bonds is 0. The average molecular weight is 204 g/mol. The maximum absolute atomic E-state index is 12.4. The summed E-state index contributed by atoms with van der Waals surface area (Å²) in [6.07, 6.45) is 0. The van der Waals surface area contributed by atoms with Crippen molar-refractivity contribution in [3.63, 3.8) is 0 Å². The van der Waals surface area contributed by atoms with Crippen LogP contribution in [0.2, 0.25) is 0 Å². The first-order valence-corrected chi connectivity index (χ1v) is 3.40. The first-order valence-electron chi connectivity index (χ1n) is 2.61. The fourth-order valence-electron chi connectivity index (χ4n) is 0.619. The highest BCUT2D eigenvalue weighted by Crippen LogP contribution is 2.27. The Bertz CT molecular complexity index is 237. The van der Waals surface area contributed by atoms with E-state index in [9.17, 15) is 4.39 Å². The number of phenolic OH excluding ortho intramolecular Hbond substituents is 1. The maximum atomic E-state index is 12.4. The molecule has 0 aliphatic rings. The molecule has 1 nitrogen and oxygen atoms in total. The Morgan fingerprint density at radius 3 is 2.60 bits per heavy atom. The molecular formula is C7H5BrFO. The minimum Gasteiger partial charge on any atom is -0.506 e. The summed E-state index contributed by atoms with van der Waals surface area (Å²) in [5.41, 5.74) is 0.284. The van der Waals surface area contributed by atoms with E-state index in [1.807, 2.05) is 0 Å². The smallest absolute Gasteiger partial charge is 0.133 e. The van der Waals surface area contributed by atoms with E-state index in [2.05, 4.69) is 22.9 Å². The van der Waals surface area contributed by atoms with Crippen molar-refractivity contribution in [1.29, 1.82) is 0 Å². The van der Waals surface area contributed by atoms with E-state index in [0.717, 1.165) is 0 Å². The standard InChI is InChI=1S/C7H5BrFO/c1-4-2-5(9)3-6(8)7(4)10/h2-3,10H,1H2. The Hall–Kier alpha value is -0.570. The number of halogens is 2. The van der Waals surface area contributed by atoms with Gasteiger partial charge in [-0.2, -0.15) is 0 Å². The van der Waals surface area contributed by atoms with Gasteiger partial charge in [-0.3, -0.25) is 0 Å². The number of hydrogen-bond acceptors (Lipinski definition) is 1. The van der Waals surface area contributed by atoms with Crippen molar-refractivity contribution < 1.29 is 9.50 Å². The van der Waals surface area contributed by atoms with Crippen molar-refractivity contribution in [3.05, 3.63) is 34.9 Å². The molecule has 1 aromatic carbocycles. The van der Waals surface area contributed by atoms with Crippen LogP contribution in [0.5, 0.6) is 5.75 Å². The fraction of sp³-hybridized carbons (Fsp3) is 0. The molecule has 0 unspecified atom stereocenters.